The number of rotatable bonds is 3. The Balaban J connectivity index is 1.95. The fourth-order valence-corrected chi connectivity index (χ4v) is 2.20. The minimum absolute atomic E-state index is 0.333. The van der Waals surface area contributed by atoms with Gasteiger partial charge in [-0.25, -0.2) is 9.97 Å². The standard InChI is InChI=1S/C10H6N8S/c11-3-7-8(6-4-14-15-5-6)16-10(19-7)17-9-12-1-2-13-18-9/h1-2,4-5H,(H,14,15)(H,12,16,17,18). The van der Waals surface area contributed by atoms with Crippen LogP contribution < -0.4 is 5.32 Å². The number of nitriles is 1. The number of nitrogens with zero attached hydrogens (tertiary/aromatic N) is 6. The monoisotopic (exact) mass is 270 g/mol. The topological polar surface area (TPSA) is 116 Å². The van der Waals surface area contributed by atoms with E-state index in [0.717, 1.165) is 5.56 Å². The lowest BCUT2D eigenvalue weighted by Gasteiger charge is -1.96. The Labute approximate surface area is 111 Å². The third kappa shape index (κ3) is 2.24. The molecule has 9 heteroatoms. The van der Waals surface area contributed by atoms with Crippen LogP contribution in [-0.4, -0.2) is 30.4 Å². The van der Waals surface area contributed by atoms with Crippen molar-refractivity contribution in [1.29, 1.82) is 5.26 Å². The number of aromatic amines is 1. The van der Waals surface area contributed by atoms with Crippen molar-refractivity contribution in [2.45, 2.75) is 0 Å². The SMILES string of the molecule is N#Cc1sc(Nc2nccnn2)nc1-c1cn[nH]c1. The van der Waals surface area contributed by atoms with Gasteiger partial charge < -0.3 is 0 Å². The van der Waals surface area contributed by atoms with Crippen molar-refractivity contribution < 1.29 is 0 Å². The number of anilines is 2. The van der Waals surface area contributed by atoms with Crippen LogP contribution in [0, 0.1) is 11.3 Å². The highest BCUT2D eigenvalue weighted by atomic mass is 32.1. The van der Waals surface area contributed by atoms with E-state index in [1.807, 2.05) is 0 Å². The van der Waals surface area contributed by atoms with Gasteiger partial charge in [-0.05, 0) is 0 Å². The van der Waals surface area contributed by atoms with E-state index in [9.17, 15) is 0 Å². The maximum atomic E-state index is 9.12. The van der Waals surface area contributed by atoms with Gasteiger partial charge in [-0.1, -0.05) is 11.3 Å². The molecule has 0 radical (unpaired) electrons. The molecule has 92 valence electrons. The number of nitrogens with one attached hydrogen (secondary N) is 2. The number of H-pyrrole nitrogens is 1. The molecule has 0 atom stereocenters. The summed E-state index contributed by atoms with van der Waals surface area (Å²) in [4.78, 5) is 8.81. The second-order valence-electron chi connectivity index (χ2n) is 3.39. The average molecular weight is 270 g/mol. The molecule has 0 bridgehead atoms. The normalized spacial score (nSPS) is 10.1. The van der Waals surface area contributed by atoms with E-state index in [1.54, 1.807) is 12.4 Å². The third-order valence-corrected chi connectivity index (χ3v) is 3.08. The Morgan fingerprint density at radius 2 is 2.32 bits per heavy atom. The molecule has 0 fully saturated rings. The minimum atomic E-state index is 0.333. The van der Waals surface area contributed by atoms with E-state index < -0.39 is 0 Å². The molecule has 3 aromatic rings. The highest BCUT2D eigenvalue weighted by Gasteiger charge is 2.14. The van der Waals surface area contributed by atoms with Crippen LogP contribution in [-0.2, 0) is 0 Å². The summed E-state index contributed by atoms with van der Waals surface area (Å²) in [6, 6.07) is 2.11. The zero-order valence-electron chi connectivity index (χ0n) is 9.40. The highest BCUT2D eigenvalue weighted by Crippen LogP contribution is 2.30. The van der Waals surface area contributed by atoms with Crippen molar-refractivity contribution in [3.8, 4) is 17.3 Å². The van der Waals surface area contributed by atoms with E-state index in [1.165, 1.54) is 23.7 Å². The van der Waals surface area contributed by atoms with Gasteiger partial charge in [0, 0.05) is 11.8 Å². The molecule has 2 N–H and O–H groups in total. The van der Waals surface area contributed by atoms with E-state index in [4.69, 9.17) is 5.26 Å². The molecule has 8 nitrogen and oxygen atoms in total. The maximum absolute atomic E-state index is 9.12. The minimum Gasteiger partial charge on any atom is -0.299 e. The fourth-order valence-electron chi connectivity index (χ4n) is 1.43. The Hall–Kier alpha value is -2.86. The molecule has 0 unspecified atom stereocenters. The van der Waals surface area contributed by atoms with E-state index in [0.29, 0.717) is 21.7 Å². The first-order chi connectivity index (χ1) is 9.36. The Kier molecular flexibility index (Phi) is 2.83. The number of thiazole rings is 1. The molecule has 0 saturated carbocycles. The van der Waals surface area contributed by atoms with E-state index >= 15 is 0 Å². The zero-order chi connectivity index (χ0) is 13.1. The number of hydrogen-bond acceptors (Lipinski definition) is 8. The lowest BCUT2D eigenvalue weighted by atomic mass is 10.2. The molecule has 3 aromatic heterocycles. The first-order valence-electron chi connectivity index (χ1n) is 5.17. The summed E-state index contributed by atoms with van der Waals surface area (Å²) in [5.74, 6) is 0.333. The van der Waals surface area contributed by atoms with Gasteiger partial charge in [0.25, 0.3) is 0 Å². The van der Waals surface area contributed by atoms with Crippen LogP contribution in [0.3, 0.4) is 0 Å². The van der Waals surface area contributed by atoms with Gasteiger partial charge in [0.2, 0.25) is 5.95 Å². The molecule has 0 aliphatic rings. The molecular formula is C10H6N8S. The van der Waals surface area contributed by atoms with Gasteiger partial charge in [0.15, 0.2) is 5.13 Å². The smallest absolute Gasteiger partial charge is 0.248 e. The van der Waals surface area contributed by atoms with Crippen molar-refractivity contribution in [3.63, 3.8) is 0 Å². The molecule has 3 heterocycles. The van der Waals surface area contributed by atoms with Crippen molar-refractivity contribution in [3.05, 3.63) is 29.7 Å². The summed E-state index contributed by atoms with van der Waals surface area (Å²) in [7, 11) is 0. The molecule has 0 amide bonds. The molecule has 19 heavy (non-hydrogen) atoms. The molecule has 0 spiro atoms. The van der Waals surface area contributed by atoms with Crippen LogP contribution in [0.2, 0.25) is 0 Å². The molecule has 3 rings (SSSR count). The van der Waals surface area contributed by atoms with Crippen LogP contribution in [0.25, 0.3) is 11.3 Å². The van der Waals surface area contributed by atoms with Gasteiger partial charge >= 0.3 is 0 Å². The molecule has 0 aliphatic heterocycles. The highest BCUT2D eigenvalue weighted by molar-refractivity contribution is 7.16. The van der Waals surface area contributed by atoms with Crippen LogP contribution in [0.1, 0.15) is 4.88 Å². The van der Waals surface area contributed by atoms with Crippen molar-refractivity contribution in [2.24, 2.45) is 0 Å². The molecule has 0 saturated heterocycles. The summed E-state index contributed by atoms with van der Waals surface area (Å²) in [5, 5.41) is 26.6. The van der Waals surface area contributed by atoms with Gasteiger partial charge in [0.1, 0.15) is 16.6 Å². The molecule has 0 aliphatic carbocycles. The second-order valence-corrected chi connectivity index (χ2v) is 4.39. The van der Waals surface area contributed by atoms with Crippen molar-refractivity contribution in [1.82, 2.24) is 30.4 Å². The quantitative estimate of drug-likeness (QED) is 0.737. The lowest BCUT2D eigenvalue weighted by molar-refractivity contribution is 0.977. The van der Waals surface area contributed by atoms with Crippen LogP contribution >= 0.6 is 11.3 Å². The predicted molar refractivity (Wildman–Crippen MR) is 67.5 cm³/mol. The third-order valence-electron chi connectivity index (χ3n) is 2.20. The van der Waals surface area contributed by atoms with Gasteiger partial charge in [-0.3, -0.25) is 10.4 Å². The van der Waals surface area contributed by atoms with Gasteiger partial charge in [-0.15, -0.1) is 5.10 Å². The van der Waals surface area contributed by atoms with Crippen molar-refractivity contribution in [2.75, 3.05) is 5.32 Å². The summed E-state index contributed by atoms with van der Waals surface area (Å²) >= 11 is 1.22. The fraction of sp³-hybridized carbons (Fsp3) is 0. The summed E-state index contributed by atoms with van der Waals surface area (Å²) in [5.41, 5.74) is 1.33. The van der Waals surface area contributed by atoms with Gasteiger partial charge in [-0.2, -0.15) is 15.5 Å². The molecular weight excluding hydrogens is 264 g/mol. The summed E-state index contributed by atoms with van der Waals surface area (Å²) < 4.78 is 0. The predicted octanol–water partition coefficient (Wildman–Crippen LogP) is 1.33. The largest absolute Gasteiger partial charge is 0.299 e. The number of aromatic nitrogens is 6. The summed E-state index contributed by atoms with van der Waals surface area (Å²) in [6.45, 7) is 0. The van der Waals surface area contributed by atoms with E-state index in [2.05, 4.69) is 41.7 Å². The van der Waals surface area contributed by atoms with Crippen LogP contribution in [0.4, 0.5) is 11.1 Å². The van der Waals surface area contributed by atoms with Crippen molar-refractivity contribution >= 4 is 22.4 Å². The maximum Gasteiger partial charge on any atom is 0.248 e. The second kappa shape index (κ2) is 4.79. The lowest BCUT2D eigenvalue weighted by Crippen LogP contribution is -1.96. The number of hydrogen-bond donors (Lipinski definition) is 2. The van der Waals surface area contributed by atoms with Crippen LogP contribution in [0.5, 0.6) is 0 Å². The zero-order valence-corrected chi connectivity index (χ0v) is 10.2. The van der Waals surface area contributed by atoms with E-state index in [-0.39, 0.29) is 0 Å². The molecule has 0 aromatic carbocycles. The Morgan fingerprint density at radius 1 is 1.37 bits per heavy atom. The van der Waals surface area contributed by atoms with Gasteiger partial charge in [0.05, 0.1) is 18.6 Å². The average Bonchev–Trinajstić information content (AvgIpc) is 3.08. The summed E-state index contributed by atoms with van der Waals surface area (Å²) in [6.07, 6.45) is 6.29. The Morgan fingerprint density at radius 3 is 3.00 bits per heavy atom. The Bertz CT molecular complexity index is 712. The first-order valence-corrected chi connectivity index (χ1v) is 5.99. The van der Waals surface area contributed by atoms with Crippen LogP contribution in [0.15, 0.2) is 24.8 Å². The first kappa shape index (κ1) is 11.2.